The summed E-state index contributed by atoms with van der Waals surface area (Å²) < 4.78 is 5.68. The van der Waals surface area contributed by atoms with Crippen LogP contribution in [0.1, 0.15) is 11.3 Å². The lowest BCUT2D eigenvalue weighted by Gasteiger charge is -2.09. The summed E-state index contributed by atoms with van der Waals surface area (Å²) in [6.07, 6.45) is 3.30. The smallest absolute Gasteiger partial charge is 0.238 e. The third-order valence-corrected chi connectivity index (χ3v) is 3.18. The van der Waals surface area contributed by atoms with Crippen molar-refractivity contribution in [3.63, 3.8) is 0 Å². The van der Waals surface area contributed by atoms with Crippen molar-refractivity contribution < 1.29 is 4.74 Å². The minimum atomic E-state index is 0.501. The van der Waals surface area contributed by atoms with Gasteiger partial charge in [-0.25, -0.2) is 10.4 Å². The number of rotatable bonds is 6. The van der Waals surface area contributed by atoms with Gasteiger partial charge in [0.2, 0.25) is 5.88 Å². The largest absolute Gasteiger partial charge is 0.437 e. The molecule has 0 atom stereocenters. The third kappa shape index (κ3) is 4.52. The maximum absolute atomic E-state index is 5.68. The summed E-state index contributed by atoms with van der Waals surface area (Å²) in [5.74, 6) is 1.24. The SMILES string of the molecule is Cc1cncc(Oc2ccc(CNNc3ccccc3)cc2)n1. The van der Waals surface area contributed by atoms with Crippen LogP contribution in [-0.4, -0.2) is 9.97 Å². The van der Waals surface area contributed by atoms with Gasteiger partial charge in [0.1, 0.15) is 5.75 Å². The molecule has 0 unspecified atom stereocenters. The zero-order valence-corrected chi connectivity index (χ0v) is 12.9. The second-order valence-electron chi connectivity index (χ2n) is 5.09. The molecule has 5 nitrogen and oxygen atoms in total. The zero-order valence-electron chi connectivity index (χ0n) is 12.9. The second-order valence-corrected chi connectivity index (χ2v) is 5.09. The van der Waals surface area contributed by atoms with Gasteiger partial charge >= 0.3 is 0 Å². The van der Waals surface area contributed by atoms with Gasteiger partial charge in [0, 0.05) is 18.4 Å². The molecule has 0 radical (unpaired) electrons. The average molecular weight is 306 g/mol. The van der Waals surface area contributed by atoms with Gasteiger partial charge in [-0.2, -0.15) is 0 Å². The summed E-state index contributed by atoms with van der Waals surface area (Å²) in [6.45, 7) is 2.59. The molecule has 0 aliphatic rings. The van der Waals surface area contributed by atoms with Crippen LogP contribution in [0.4, 0.5) is 5.69 Å². The predicted octanol–water partition coefficient (Wildman–Crippen LogP) is 3.69. The van der Waals surface area contributed by atoms with E-state index in [2.05, 4.69) is 20.8 Å². The predicted molar refractivity (Wildman–Crippen MR) is 90.2 cm³/mol. The monoisotopic (exact) mass is 306 g/mol. The number of aromatic nitrogens is 2. The van der Waals surface area contributed by atoms with Crippen LogP contribution in [0.25, 0.3) is 0 Å². The molecule has 0 amide bonds. The van der Waals surface area contributed by atoms with Crippen LogP contribution in [0.5, 0.6) is 11.6 Å². The summed E-state index contributed by atoms with van der Waals surface area (Å²) in [5.41, 5.74) is 9.35. The fourth-order valence-electron chi connectivity index (χ4n) is 2.06. The molecule has 23 heavy (non-hydrogen) atoms. The maximum Gasteiger partial charge on any atom is 0.238 e. The van der Waals surface area contributed by atoms with Gasteiger partial charge in [-0.3, -0.25) is 4.98 Å². The molecule has 2 N–H and O–H groups in total. The first-order valence-electron chi connectivity index (χ1n) is 7.39. The molecular weight excluding hydrogens is 288 g/mol. The van der Waals surface area contributed by atoms with Crippen molar-refractivity contribution in [2.75, 3.05) is 5.43 Å². The molecule has 1 heterocycles. The number of nitrogens with zero attached hydrogens (tertiary/aromatic N) is 2. The minimum Gasteiger partial charge on any atom is -0.437 e. The fraction of sp³-hybridized carbons (Fsp3) is 0.111. The molecule has 0 spiro atoms. The molecule has 0 fully saturated rings. The number of para-hydroxylation sites is 1. The van der Waals surface area contributed by atoms with Gasteiger partial charge < -0.3 is 10.2 Å². The van der Waals surface area contributed by atoms with E-state index in [0.29, 0.717) is 12.4 Å². The van der Waals surface area contributed by atoms with Gasteiger partial charge in [0.15, 0.2) is 0 Å². The van der Waals surface area contributed by atoms with Crippen LogP contribution < -0.4 is 15.6 Å². The van der Waals surface area contributed by atoms with Gasteiger partial charge in [0.05, 0.1) is 11.9 Å². The second kappa shape index (κ2) is 7.38. The van der Waals surface area contributed by atoms with E-state index in [9.17, 15) is 0 Å². The van der Waals surface area contributed by atoms with Crippen LogP contribution in [0, 0.1) is 6.92 Å². The number of ether oxygens (including phenoxy) is 1. The minimum absolute atomic E-state index is 0.501. The van der Waals surface area contributed by atoms with E-state index < -0.39 is 0 Å². The Hall–Kier alpha value is -2.92. The van der Waals surface area contributed by atoms with Crippen molar-refractivity contribution in [3.8, 4) is 11.6 Å². The van der Waals surface area contributed by atoms with Crippen LogP contribution in [-0.2, 0) is 6.54 Å². The van der Waals surface area contributed by atoms with Crippen molar-refractivity contribution in [2.24, 2.45) is 0 Å². The standard InChI is InChI=1S/C18H18N4O/c1-14-11-19-13-18(21-14)23-17-9-7-15(8-10-17)12-20-22-16-5-3-2-4-6-16/h2-11,13,20,22H,12H2,1H3. The molecule has 1 aromatic heterocycles. The van der Waals surface area contributed by atoms with E-state index in [1.807, 2.05) is 61.5 Å². The zero-order chi connectivity index (χ0) is 15.9. The summed E-state index contributed by atoms with van der Waals surface area (Å²) >= 11 is 0. The van der Waals surface area contributed by atoms with E-state index in [4.69, 9.17) is 4.74 Å². The lowest BCUT2D eigenvalue weighted by atomic mass is 10.2. The van der Waals surface area contributed by atoms with Gasteiger partial charge in [0.25, 0.3) is 0 Å². The molecule has 0 saturated heterocycles. The Balaban J connectivity index is 1.53. The van der Waals surface area contributed by atoms with Crippen molar-refractivity contribution in [2.45, 2.75) is 13.5 Å². The third-order valence-electron chi connectivity index (χ3n) is 3.18. The Kier molecular flexibility index (Phi) is 4.81. The summed E-state index contributed by atoms with van der Waals surface area (Å²) in [7, 11) is 0. The molecule has 0 saturated carbocycles. The number of nitrogens with one attached hydrogen (secondary N) is 2. The Morgan fingerprint density at radius 2 is 1.74 bits per heavy atom. The van der Waals surface area contributed by atoms with Crippen LogP contribution in [0.15, 0.2) is 67.0 Å². The summed E-state index contributed by atoms with van der Waals surface area (Å²) in [4.78, 5) is 8.33. The highest BCUT2D eigenvalue weighted by molar-refractivity contribution is 5.41. The van der Waals surface area contributed by atoms with E-state index in [-0.39, 0.29) is 0 Å². The summed E-state index contributed by atoms with van der Waals surface area (Å²) in [5, 5.41) is 0. The lowest BCUT2D eigenvalue weighted by molar-refractivity contribution is 0.458. The quantitative estimate of drug-likeness (QED) is 0.680. The number of hydrazine groups is 1. The maximum atomic E-state index is 5.68. The van der Waals surface area contributed by atoms with Gasteiger partial charge in [-0.05, 0) is 36.8 Å². The fourth-order valence-corrected chi connectivity index (χ4v) is 2.06. The average Bonchev–Trinajstić information content (AvgIpc) is 2.58. The van der Waals surface area contributed by atoms with E-state index in [0.717, 1.165) is 22.7 Å². The van der Waals surface area contributed by atoms with Crippen molar-refractivity contribution in [3.05, 3.63) is 78.2 Å². The first-order chi connectivity index (χ1) is 11.3. The van der Waals surface area contributed by atoms with Crippen LogP contribution in [0.2, 0.25) is 0 Å². The number of hydrogen-bond acceptors (Lipinski definition) is 5. The topological polar surface area (TPSA) is 59.1 Å². The Morgan fingerprint density at radius 3 is 2.48 bits per heavy atom. The van der Waals surface area contributed by atoms with Crippen molar-refractivity contribution in [1.29, 1.82) is 0 Å². The highest BCUT2D eigenvalue weighted by atomic mass is 16.5. The molecular formula is C18H18N4O. The van der Waals surface area contributed by atoms with E-state index in [1.54, 1.807) is 12.4 Å². The lowest BCUT2D eigenvalue weighted by Crippen LogP contribution is -2.20. The highest BCUT2D eigenvalue weighted by Gasteiger charge is 2.00. The Labute approximate surface area is 135 Å². The Morgan fingerprint density at radius 1 is 0.957 bits per heavy atom. The van der Waals surface area contributed by atoms with Gasteiger partial charge in [-0.15, -0.1) is 0 Å². The molecule has 0 bridgehead atoms. The van der Waals surface area contributed by atoms with Crippen LogP contribution >= 0.6 is 0 Å². The number of aryl methyl sites for hydroxylation is 1. The molecule has 2 aromatic carbocycles. The van der Waals surface area contributed by atoms with E-state index in [1.165, 1.54) is 0 Å². The molecule has 0 aliphatic carbocycles. The highest BCUT2D eigenvalue weighted by Crippen LogP contribution is 2.19. The number of hydrogen-bond donors (Lipinski definition) is 2. The number of anilines is 1. The Bertz CT molecular complexity index is 744. The van der Waals surface area contributed by atoms with Crippen molar-refractivity contribution in [1.82, 2.24) is 15.4 Å². The number of benzene rings is 2. The van der Waals surface area contributed by atoms with Gasteiger partial charge in [-0.1, -0.05) is 30.3 Å². The molecule has 0 aliphatic heterocycles. The molecule has 3 rings (SSSR count). The molecule has 5 heteroatoms. The first-order valence-corrected chi connectivity index (χ1v) is 7.39. The van der Waals surface area contributed by atoms with E-state index >= 15 is 0 Å². The molecule has 116 valence electrons. The normalized spacial score (nSPS) is 10.3. The molecule has 3 aromatic rings. The first kappa shape index (κ1) is 15.0. The summed E-state index contributed by atoms with van der Waals surface area (Å²) in [6, 6.07) is 17.8. The van der Waals surface area contributed by atoms with Crippen LogP contribution in [0.3, 0.4) is 0 Å². The van der Waals surface area contributed by atoms with Crippen molar-refractivity contribution >= 4 is 5.69 Å².